The van der Waals surface area contributed by atoms with Crippen LogP contribution in [0.1, 0.15) is 18.7 Å². The van der Waals surface area contributed by atoms with Gasteiger partial charge < -0.3 is 15.2 Å². The third-order valence-corrected chi connectivity index (χ3v) is 4.88. The van der Waals surface area contributed by atoms with Gasteiger partial charge in [0.05, 0.1) is 13.2 Å². The van der Waals surface area contributed by atoms with E-state index in [1.807, 2.05) is 24.3 Å². The number of ether oxygens (including phenoxy) is 2. The molecule has 3 rings (SSSR count). The van der Waals surface area contributed by atoms with Crippen molar-refractivity contribution in [3.63, 3.8) is 0 Å². The minimum Gasteiger partial charge on any atom is -0.497 e. The third kappa shape index (κ3) is 3.85. The first kappa shape index (κ1) is 16.3. The van der Waals surface area contributed by atoms with Crippen molar-refractivity contribution in [1.82, 2.24) is 14.8 Å². The van der Waals surface area contributed by atoms with Gasteiger partial charge in [-0.15, -0.1) is 10.2 Å². The van der Waals surface area contributed by atoms with Crippen LogP contribution in [0.3, 0.4) is 0 Å². The van der Waals surface area contributed by atoms with E-state index in [1.54, 1.807) is 18.9 Å². The highest BCUT2D eigenvalue weighted by Crippen LogP contribution is 2.26. The molecule has 0 amide bonds. The summed E-state index contributed by atoms with van der Waals surface area (Å²) in [7, 11) is 1.66. The Bertz CT molecular complexity index is 624. The fourth-order valence-corrected chi connectivity index (χ4v) is 3.65. The number of methoxy groups -OCH3 is 1. The van der Waals surface area contributed by atoms with Crippen molar-refractivity contribution in [2.75, 3.05) is 26.0 Å². The number of nitrogens with two attached hydrogens (primary N) is 1. The Hall–Kier alpha value is -1.57. The number of hydrogen-bond acceptors (Lipinski definition) is 6. The molecule has 0 saturated carbocycles. The molecule has 1 aromatic heterocycles. The zero-order valence-corrected chi connectivity index (χ0v) is 14.1. The summed E-state index contributed by atoms with van der Waals surface area (Å²) in [5.74, 6) is 2.61. The lowest BCUT2D eigenvalue weighted by Gasteiger charge is -2.12. The summed E-state index contributed by atoms with van der Waals surface area (Å²) >= 11 is 1.69. The van der Waals surface area contributed by atoms with Crippen LogP contribution in [0, 0.1) is 0 Å². The van der Waals surface area contributed by atoms with Crippen LogP contribution >= 0.6 is 11.8 Å². The topological polar surface area (TPSA) is 75.2 Å². The number of aromatic nitrogens is 3. The van der Waals surface area contributed by atoms with E-state index in [0.717, 1.165) is 47.6 Å². The highest BCUT2D eigenvalue weighted by atomic mass is 32.2. The van der Waals surface area contributed by atoms with Crippen molar-refractivity contribution in [1.29, 1.82) is 0 Å². The molecule has 2 aromatic rings. The summed E-state index contributed by atoms with van der Waals surface area (Å²) in [4.78, 5) is 0. The number of benzene rings is 1. The SMILES string of the molecule is COc1ccc(-n2c(CCN)nnc2SC[C@H]2CCCO2)cc1. The maximum atomic E-state index is 5.71. The first-order chi connectivity index (χ1) is 11.3. The minimum atomic E-state index is 0.318. The van der Waals surface area contributed by atoms with Crippen LogP contribution in [0.15, 0.2) is 29.4 Å². The predicted octanol–water partition coefficient (Wildman–Crippen LogP) is 2.05. The van der Waals surface area contributed by atoms with Crippen molar-refractivity contribution < 1.29 is 9.47 Å². The van der Waals surface area contributed by atoms with E-state index in [4.69, 9.17) is 15.2 Å². The van der Waals surface area contributed by atoms with Crippen LogP contribution in [-0.2, 0) is 11.2 Å². The molecular weight excluding hydrogens is 312 g/mol. The second-order valence-electron chi connectivity index (χ2n) is 5.42. The Morgan fingerprint density at radius 2 is 2.17 bits per heavy atom. The normalized spacial score (nSPS) is 17.6. The van der Waals surface area contributed by atoms with E-state index >= 15 is 0 Å². The lowest BCUT2D eigenvalue weighted by molar-refractivity contribution is 0.129. The fraction of sp³-hybridized carbons (Fsp3) is 0.500. The molecule has 0 radical (unpaired) electrons. The monoisotopic (exact) mass is 334 g/mol. The van der Waals surface area contributed by atoms with E-state index in [0.29, 0.717) is 19.1 Å². The molecule has 0 unspecified atom stereocenters. The van der Waals surface area contributed by atoms with Crippen molar-refractivity contribution in [3.05, 3.63) is 30.1 Å². The summed E-state index contributed by atoms with van der Waals surface area (Å²) in [6.07, 6.45) is 3.28. The minimum absolute atomic E-state index is 0.318. The van der Waals surface area contributed by atoms with Gasteiger partial charge >= 0.3 is 0 Å². The van der Waals surface area contributed by atoms with Gasteiger partial charge in [0.15, 0.2) is 5.16 Å². The molecule has 1 aliphatic heterocycles. The first-order valence-corrected chi connectivity index (χ1v) is 8.83. The summed E-state index contributed by atoms with van der Waals surface area (Å²) in [5, 5.41) is 9.54. The second-order valence-corrected chi connectivity index (χ2v) is 6.40. The molecule has 23 heavy (non-hydrogen) atoms. The fourth-order valence-electron chi connectivity index (χ4n) is 2.62. The Labute approximate surface area is 140 Å². The maximum Gasteiger partial charge on any atom is 0.195 e. The molecule has 0 spiro atoms. The van der Waals surface area contributed by atoms with E-state index < -0.39 is 0 Å². The van der Waals surface area contributed by atoms with Gasteiger partial charge in [0.1, 0.15) is 11.6 Å². The average Bonchev–Trinajstić information content (AvgIpc) is 3.23. The van der Waals surface area contributed by atoms with Gasteiger partial charge in [0, 0.05) is 24.5 Å². The zero-order chi connectivity index (χ0) is 16.1. The Kier molecular flexibility index (Phi) is 5.53. The van der Waals surface area contributed by atoms with Crippen molar-refractivity contribution in [2.45, 2.75) is 30.5 Å². The number of nitrogens with zero attached hydrogens (tertiary/aromatic N) is 3. The average molecular weight is 334 g/mol. The van der Waals surface area contributed by atoms with Gasteiger partial charge in [-0.3, -0.25) is 4.57 Å². The van der Waals surface area contributed by atoms with E-state index in [1.165, 1.54) is 0 Å². The predicted molar refractivity (Wildman–Crippen MR) is 90.4 cm³/mol. The highest BCUT2D eigenvalue weighted by molar-refractivity contribution is 7.99. The molecule has 1 aromatic carbocycles. The molecule has 1 fully saturated rings. The van der Waals surface area contributed by atoms with Crippen LogP contribution in [-0.4, -0.2) is 46.9 Å². The van der Waals surface area contributed by atoms with Gasteiger partial charge in [0.2, 0.25) is 0 Å². The lowest BCUT2D eigenvalue weighted by atomic mass is 10.3. The molecule has 1 aliphatic rings. The van der Waals surface area contributed by atoms with Crippen LogP contribution < -0.4 is 10.5 Å². The van der Waals surface area contributed by atoms with Crippen LogP contribution in [0.4, 0.5) is 0 Å². The molecular formula is C16H22N4O2S. The van der Waals surface area contributed by atoms with Gasteiger partial charge in [-0.25, -0.2) is 0 Å². The second kappa shape index (κ2) is 7.81. The van der Waals surface area contributed by atoms with Gasteiger partial charge in [-0.2, -0.15) is 0 Å². The van der Waals surface area contributed by atoms with Crippen molar-refractivity contribution in [2.24, 2.45) is 5.73 Å². The highest BCUT2D eigenvalue weighted by Gasteiger charge is 2.19. The Balaban J connectivity index is 1.83. The first-order valence-electron chi connectivity index (χ1n) is 7.85. The molecule has 0 bridgehead atoms. The van der Waals surface area contributed by atoms with E-state index in [2.05, 4.69) is 14.8 Å². The molecule has 7 heteroatoms. The summed E-state index contributed by atoms with van der Waals surface area (Å²) in [6, 6.07) is 7.91. The summed E-state index contributed by atoms with van der Waals surface area (Å²) < 4.78 is 13.0. The third-order valence-electron chi connectivity index (χ3n) is 3.82. The van der Waals surface area contributed by atoms with Gasteiger partial charge in [0.25, 0.3) is 0 Å². The quantitative estimate of drug-likeness (QED) is 0.781. The lowest BCUT2D eigenvalue weighted by Crippen LogP contribution is -2.11. The van der Waals surface area contributed by atoms with Gasteiger partial charge in [-0.1, -0.05) is 11.8 Å². The molecule has 1 saturated heterocycles. The zero-order valence-electron chi connectivity index (χ0n) is 13.3. The Morgan fingerprint density at radius 3 is 2.83 bits per heavy atom. The largest absolute Gasteiger partial charge is 0.497 e. The molecule has 1 atom stereocenters. The number of hydrogen-bond donors (Lipinski definition) is 1. The van der Waals surface area contributed by atoms with Crippen molar-refractivity contribution in [3.8, 4) is 11.4 Å². The molecule has 2 N–H and O–H groups in total. The van der Waals surface area contributed by atoms with Crippen molar-refractivity contribution >= 4 is 11.8 Å². The standard InChI is InChI=1S/C16H22N4O2S/c1-21-13-6-4-12(5-7-13)20-15(8-9-17)18-19-16(20)23-11-14-3-2-10-22-14/h4-7,14H,2-3,8-11,17H2,1H3/t14-/m1/s1. The summed E-state index contributed by atoms with van der Waals surface area (Å²) in [5.41, 5.74) is 6.73. The van der Waals surface area contributed by atoms with Gasteiger partial charge in [-0.05, 0) is 43.7 Å². The number of rotatable bonds is 7. The van der Waals surface area contributed by atoms with E-state index in [9.17, 15) is 0 Å². The summed E-state index contributed by atoms with van der Waals surface area (Å²) in [6.45, 7) is 1.42. The van der Waals surface area contributed by atoms with E-state index in [-0.39, 0.29) is 0 Å². The van der Waals surface area contributed by atoms with Crippen LogP contribution in [0.25, 0.3) is 5.69 Å². The Morgan fingerprint density at radius 1 is 1.35 bits per heavy atom. The maximum absolute atomic E-state index is 5.71. The molecule has 6 nitrogen and oxygen atoms in total. The molecule has 2 heterocycles. The number of thioether (sulfide) groups is 1. The van der Waals surface area contributed by atoms with Crippen LogP contribution in [0.2, 0.25) is 0 Å². The molecule has 0 aliphatic carbocycles. The molecule has 124 valence electrons. The smallest absolute Gasteiger partial charge is 0.195 e. The van der Waals surface area contributed by atoms with Crippen LogP contribution in [0.5, 0.6) is 5.75 Å².